The zero-order chi connectivity index (χ0) is 11.2. The Morgan fingerprint density at radius 2 is 1.94 bits per heavy atom. The lowest BCUT2D eigenvalue weighted by Crippen LogP contribution is -1.99. The van der Waals surface area contributed by atoms with Crippen molar-refractivity contribution < 1.29 is 5.11 Å². The van der Waals surface area contributed by atoms with Crippen molar-refractivity contribution in [2.75, 3.05) is 6.61 Å². The first-order valence-corrected chi connectivity index (χ1v) is 5.54. The van der Waals surface area contributed by atoms with Gasteiger partial charge in [-0.3, -0.25) is 4.68 Å². The molecule has 0 unspecified atom stereocenters. The van der Waals surface area contributed by atoms with Crippen LogP contribution >= 0.6 is 0 Å². The Balaban J connectivity index is 1.97. The molecule has 0 amide bonds. The predicted octanol–water partition coefficient (Wildman–Crippen LogP) is 1.86. The van der Waals surface area contributed by atoms with Crippen LogP contribution in [-0.2, 0) is 13.0 Å². The predicted molar refractivity (Wildman–Crippen MR) is 63.2 cm³/mol. The van der Waals surface area contributed by atoms with E-state index in [4.69, 9.17) is 5.11 Å². The monoisotopic (exact) mass is 216 g/mol. The van der Waals surface area contributed by atoms with E-state index in [-0.39, 0.29) is 6.61 Å². The van der Waals surface area contributed by atoms with Crippen LogP contribution in [0.15, 0.2) is 42.7 Å². The van der Waals surface area contributed by atoms with Gasteiger partial charge in [-0.25, -0.2) is 0 Å². The third kappa shape index (κ3) is 2.94. The van der Waals surface area contributed by atoms with E-state index in [0.717, 1.165) is 19.4 Å². The van der Waals surface area contributed by atoms with Crippen LogP contribution in [0, 0.1) is 0 Å². The maximum absolute atomic E-state index is 8.74. The molecule has 1 N–H and O–H groups in total. The van der Waals surface area contributed by atoms with E-state index in [2.05, 4.69) is 17.2 Å². The van der Waals surface area contributed by atoms with Crippen LogP contribution in [0.3, 0.4) is 0 Å². The van der Waals surface area contributed by atoms with Crippen molar-refractivity contribution in [1.82, 2.24) is 9.78 Å². The van der Waals surface area contributed by atoms with Gasteiger partial charge in [0, 0.05) is 12.8 Å². The molecule has 0 radical (unpaired) electrons. The van der Waals surface area contributed by atoms with E-state index in [9.17, 15) is 0 Å². The van der Waals surface area contributed by atoms with Gasteiger partial charge in [-0.1, -0.05) is 30.3 Å². The van der Waals surface area contributed by atoms with Gasteiger partial charge in [-0.15, -0.1) is 0 Å². The molecule has 3 nitrogen and oxygen atoms in total. The molecule has 0 aliphatic rings. The average molecular weight is 216 g/mol. The molecule has 1 aromatic heterocycles. The van der Waals surface area contributed by atoms with Crippen LogP contribution in [0.4, 0.5) is 0 Å². The summed E-state index contributed by atoms with van der Waals surface area (Å²) in [6.07, 6.45) is 5.61. The number of nitrogens with zero attached hydrogens (tertiary/aromatic N) is 2. The normalized spacial score (nSPS) is 10.6. The fourth-order valence-corrected chi connectivity index (χ4v) is 1.68. The lowest BCUT2D eigenvalue weighted by molar-refractivity contribution is 0.288. The van der Waals surface area contributed by atoms with E-state index in [1.54, 1.807) is 0 Å². The first-order valence-electron chi connectivity index (χ1n) is 5.54. The van der Waals surface area contributed by atoms with Crippen LogP contribution in [-0.4, -0.2) is 21.5 Å². The van der Waals surface area contributed by atoms with Crippen LogP contribution in [0.25, 0.3) is 0 Å². The minimum Gasteiger partial charge on any atom is -0.396 e. The van der Waals surface area contributed by atoms with Crippen molar-refractivity contribution in [2.24, 2.45) is 0 Å². The molecular formula is C13H16N2O. The molecule has 0 bridgehead atoms. The van der Waals surface area contributed by atoms with E-state index < -0.39 is 0 Å². The highest BCUT2D eigenvalue weighted by Crippen LogP contribution is 2.05. The standard InChI is InChI=1S/C13H16N2O/c16-8-4-7-13-9-14-15(11-13)10-12-5-2-1-3-6-12/h1-3,5-6,9,11,16H,4,7-8,10H2. The number of hydrogen-bond acceptors (Lipinski definition) is 2. The zero-order valence-corrected chi connectivity index (χ0v) is 9.21. The number of benzene rings is 1. The van der Waals surface area contributed by atoms with E-state index in [1.807, 2.05) is 35.3 Å². The Morgan fingerprint density at radius 1 is 1.12 bits per heavy atom. The second kappa shape index (κ2) is 5.47. The Morgan fingerprint density at radius 3 is 2.69 bits per heavy atom. The number of aryl methyl sites for hydroxylation is 1. The maximum Gasteiger partial charge on any atom is 0.0659 e. The van der Waals surface area contributed by atoms with E-state index in [1.165, 1.54) is 11.1 Å². The Bertz CT molecular complexity index is 423. The molecule has 0 saturated carbocycles. The summed E-state index contributed by atoms with van der Waals surface area (Å²) >= 11 is 0. The second-order valence-electron chi connectivity index (χ2n) is 3.86. The quantitative estimate of drug-likeness (QED) is 0.828. The number of aromatic nitrogens is 2. The lowest BCUT2D eigenvalue weighted by atomic mass is 10.2. The highest BCUT2D eigenvalue weighted by atomic mass is 16.2. The van der Waals surface area contributed by atoms with Gasteiger partial charge in [0.2, 0.25) is 0 Å². The molecule has 0 aliphatic carbocycles. The summed E-state index contributed by atoms with van der Waals surface area (Å²) in [6.45, 7) is 1.05. The summed E-state index contributed by atoms with van der Waals surface area (Å²) in [5.41, 5.74) is 2.43. The maximum atomic E-state index is 8.74. The molecule has 1 heterocycles. The fraction of sp³-hybridized carbons (Fsp3) is 0.308. The van der Waals surface area contributed by atoms with Crippen LogP contribution in [0.1, 0.15) is 17.5 Å². The number of hydrogen-bond donors (Lipinski definition) is 1. The van der Waals surface area contributed by atoms with Crippen molar-refractivity contribution in [3.63, 3.8) is 0 Å². The summed E-state index contributed by atoms with van der Waals surface area (Å²) in [5.74, 6) is 0. The van der Waals surface area contributed by atoms with Crippen molar-refractivity contribution in [1.29, 1.82) is 0 Å². The molecule has 0 saturated heterocycles. The van der Waals surface area contributed by atoms with Crippen LogP contribution in [0.5, 0.6) is 0 Å². The van der Waals surface area contributed by atoms with Crippen LogP contribution < -0.4 is 0 Å². The topological polar surface area (TPSA) is 38.1 Å². The molecule has 1 aromatic carbocycles. The zero-order valence-electron chi connectivity index (χ0n) is 9.21. The third-order valence-corrected chi connectivity index (χ3v) is 2.50. The lowest BCUT2D eigenvalue weighted by Gasteiger charge is -2.00. The number of rotatable bonds is 5. The van der Waals surface area contributed by atoms with Gasteiger partial charge in [-0.05, 0) is 24.0 Å². The smallest absolute Gasteiger partial charge is 0.0659 e. The van der Waals surface area contributed by atoms with Gasteiger partial charge in [0.1, 0.15) is 0 Å². The third-order valence-electron chi connectivity index (χ3n) is 2.50. The molecule has 84 valence electrons. The van der Waals surface area contributed by atoms with Crippen LogP contribution in [0.2, 0.25) is 0 Å². The first-order chi connectivity index (χ1) is 7.88. The van der Waals surface area contributed by atoms with Crippen molar-refractivity contribution in [2.45, 2.75) is 19.4 Å². The van der Waals surface area contributed by atoms with Gasteiger partial charge in [-0.2, -0.15) is 5.10 Å². The van der Waals surface area contributed by atoms with E-state index >= 15 is 0 Å². The molecule has 0 spiro atoms. The molecule has 2 rings (SSSR count). The van der Waals surface area contributed by atoms with Gasteiger partial charge in [0.15, 0.2) is 0 Å². The second-order valence-corrected chi connectivity index (χ2v) is 3.86. The molecular weight excluding hydrogens is 200 g/mol. The summed E-state index contributed by atoms with van der Waals surface area (Å²) in [7, 11) is 0. The fourth-order valence-electron chi connectivity index (χ4n) is 1.68. The van der Waals surface area contributed by atoms with Crippen molar-refractivity contribution >= 4 is 0 Å². The molecule has 0 atom stereocenters. The molecule has 0 aliphatic heterocycles. The SMILES string of the molecule is OCCCc1cnn(Cc2ccccc2)c1. The summed E-state index contributed by atoms with van der Waals surface area (Å²) in [4.78, 5) is 0. The minimum absolute atomic E-state index is 0.240. The summed E-state index contributed by atoms with van der Waals surface area (Å²) < 4.78 is 1.93. The Labute approximate surface area is 95.3 Å². The van der Waals surface area contributed by atoms with Gasteiger partial charge in [0.05, 0.1) is 12.7 Å². The Kier molecular flexibility index (Phi) is 3.72. The number of aliphatic hydroxyl groups excluding tert-OH is 1. The first kappa shape index (κ1) is 10.9. The molecule has 2 aromatic rings. The van der Waals surface area contributed by atoms with Crippen molar-refractivity contribution in [3.05, 3.63) is 53.9 Å². The van der Waals surface area contributed by atoms with E-state index in [0.29, 0.717) is 0 Å². The summed E-state index contributed by atoms with van der Waals surface area (Å²) in [5, 5.41) is 13.0. The molecule has 0 fully saturated rings. The minimum atomic E-state index is 0.240. The van der Waals surface area contributed by atoms with Crippen molar-refractivity contribution in [3.8, 4) is 0 Å². The largest absolute Gasteiger partial charge is 0.396 e. The molecule has 3 heteroatoms. The van der Waals surface area contributed by atoms with Gasteiger partial charge >= 0.3 is 0 Å². The summed E-state index contributed by atoms with van der Waals surface area (Å²) in [6, 6.07) is 10.3. The van der Waals surface area contributed by atoms with Gasteiger partial charge < -0.3 is 5.11 Å². The molecule has 16 heavy (non-hydrogen) atoms. The highest BCUT2D eigenvalue weighted by Gasteiger charge is 1.99. The Hall–Kier alpha value is -1.61. The van der Waals surface area contributed by atoms with Gasteiger partial charge in [0.25, 0.3) is 0 Å². The average Bonchev–Trinajstić information content (AvgIpc) is 2.75. The number of aliphatic hydroxyl groups is 1. The highest BCUT2D eigenvalue weighted by molar-refractivity contribution is 5.15.